The van der Waals surface area contributed by atoms with Crippen LogP contribution in [0.2, 0.25) is 0 Å². The summed E-state index contributed by atoms with van der Waals surface area (Å²) in [6, 6.07) is 18.2. The van der Waals surface area contributed by atoms with Gasteiger partial charge in [-0.05, 0) is 75.6 Å². The number of anilines is 1. The average Bonchev–Trinajstić information content (AvgIpc) is 2.96. The van der Waals surface area contributed by atoms with Crippen molar-refractivity contribution in [3.8, 4) is 0 Å². The van der Waals surface area contributed by atoms with Crippen LogP contribution >= 0.6 is 0 Å². The van der Waals surface area contributed by atoms with Gasteiger partial charge in [0, 0.05) is 12.6 Å². The molecule has 1 aliphatic carbocycles. The van der Waals surface area contributed by atoms with Gasteiger partial charge in [0.25, 0.3) is 10.0 Å². The lowest BCUT2D eigenvalue weighted by Gasteiger charge is -2.33. The molecule has 0 aromatic heterocycles. The number of hydrogen-bond donors (Lipinski definition) is 1. The normalized spacial score (nSPS) is 14.7. The third-order valence-corrected chi connectivity index (χ3v) is 9.38. The minimum atomic E-state index is -4.12. The maximum absolute atomic E-state index is 14.0. The molecule has 1 fully saturated rings. The van der Waals surface area contributed by atoms with Crippen molar-refractivity contribution < 1.29 is 22.4 Å². The van der Waals surface area contributed by atoms with Crippen LogP contribution in [0, 0.1) is 19.7 Å². The lowest BCUT2D eigenvalue weighted by molar-refractivity contribution is -0.139. The van der Waals surface area contributed by atoms with Crippen molar-refractivity contribution in [3.63, 3.8) is 0 Å². The lowest BCUT2D eigenvalue weighted by atomic mass is 9.95. The van der Waals surface area contributed by atoms with Crippen LogP contribution in [0.1, 0.15) is 55.7 Å². The number of halogens is 1. The molecule has 1 saturated carbocycles. The number of amides is 2. The van der Waals surface area contributed by atoms with Crippen molar-refractivity contribution in [2.45, 2.75) is 76.4 Å². The van der Waals surface area contributed by atoms with Gasteiger partial charge in [-0.1, -0.05) is 66.8 Å². The van der Waals surface area contributed by atoms with Gasteiger partial charge in [0.1, 0.15) is 18.4 Å². The largest absolute Gasteiger partial charge is 0.352 e. The summed E-state index contributed by atoms with van der Waals surface area (Å²) in [4.78, 5) is 28.8. The number of aryl methyl sites for hydroxylation is 2. The molecular formula is C32H38FN3O4S. The topological polar surface area (TPSA) is 86.8 Å². The minimum absolute atomic E-state index is 0.0185. The summed E-state index contributed by atoms with van der Waals surface area (Å²) >= 11 is 0. The fourth-order valence-electron chi connectivity index (χ4n) is 5.02. The summed E-state index contributed by atoms with van der Waals surface area (Å²) in [5, 5.41) is 3.08. The molecule has 3 aromatic carbocycles. The molecule has 2 amide bonds. The Morgan fingerprint density at radius 3 is 2.02 bits per heavy atom. The molecule has 4 rings (SSSR count). The number of nitrogens with one attached hydrogen (secondary N) is 1. The summed E-state index contributed by atoms with van der Waals surface area (Å²) in [6.07, 6.45) is 5.00. The predicted molar refractivity (Wildman–Crippen MR) is 158 cm³/mol. The molecule has 218 valence electrons. The van der Waals surface area contributed by atoms with Gasteiger partial charge in [0.2, 0.25) is 11.8 Å². The van der Waals surface area contributed by atoms with E-state index in [1.165, 1.54) is 29.2 Å². The lowest BCUT2D eigenvalue weighted by Crippen LogP contribution is -2.53. The van der Waals surface area contributed by atoms with Gasteiger partial charge >= 0.3 is 0 Å². The van der Waals surface area contributed by atoms with Crippen LogP contribution in [0.3, 0.4) is 0 Å². The molecular weight excluding hydrogens is 541 g/mol. The number of hydrogen-bond acceptors (Lipinski definition) is 4. The van der Waals surface area contributed by atoms with Crippen molar-refractivity contribution in [2.24, 2.45) is 0 Å². The van der Waals surface area contributed by atoms with Gasteiger partial charge in [-0.3, -0.25) is 13.9 Å². The number of rotatable bonds is 10. The average molecular weight is 580 g/mol. The van der Waals surface area contributed by atoms with Crippen LogP contribution in [0.5, 0.6) is 0 Å². The second kappa shape index (κ2) is 13.3. The van der Waals surface area contributed by atoms with Gasteiger partial charge < -0.3 is 10.2 Å². The molecule has 0 heterocycles. The fourth-order valence-corrected chi connectivity index (χ4v) is 6.43. The van der Waals surface area contributed by atoms with E-state index < -0.39 is 34.3 Å². The maximum Gasteiger partial charge on any atom is 0.264 e. The van der Waals surface area contributed by atoms with Crippen molar-refractivity contribution >= 4 is 27.5 Å². The van der Waals surface area contributed by atoms with Crippen LogP contribution in [-0.4, -0.2) is 43.8 Å². The van der Waals surface area contributed by atoms with Crippen LogP contribution in [-0.2, 0) is 26.2 Å². The molecule has 1 N–H and O–H groups in total. The molecule has 7 nitrogen and oxygen atoms in total. The highest BCUT2D eigenvalue weighted by Gasteiger charge is 2.33. The van der Waals surface area contributed by atoms with E-state index in [1.807, 2.05) is 13.8 Å². The van der Waals surface area contributed by atoms with E-state index in [2.05, 4.69) is 5.32 Å². The SMILES string of the molecule is Cc1ccc(N(CC(=O)N(Cc2ccc(F)cc2)C(C)C(=O)NC2CCCCC2)S(=O)(=O)c2ccc(C)cc2)cc1. The second-order valence-electron chi connectivity index (χ2n) is 10.8. The van der Waals surface area contributed by atoms with Crippen LogP contribution in [0.4, 0.5) is 10.1 Å². The summed E-state index contributed by atoms with van der Waals surface area (Å²) < 4.78 is 42.5. The Bertz CT molecular complexity index is 1440. The zero-order valence-electron chi connectivity index (χ0n) is 23.8. The monoisotopic (exact) mass is 579 g/mol. The first-order valence-electron chi connectivity index (χ1n) is 14.0. The first-order valence-corrected chi connectivity index (χ1v) is 15.5. The smallest absolute Gasteiger partial charge is 0.264 e. The van der Waals surface area contributed by atoms with E-state index >= 15 is 0 Å². The predicted octanol–water partition coefficient (Wildman–Crippen LogP) is 5.50. The summed E-state index contributed by atoms with van der Waals surface area (Å²) in [6.45, 7) is 4.91. The molecule has 1 unspecified atom stereocenters. The van der Waals surface area contributed by atoms with E-state index in [-0.39, 0.29) is 23.4 Å². The maximum atomic E-state index is 14.0. The highest BCUT2D eigenvalue weighted by molar-refractivity contribution is 7.92. The third kappa shape index (κ3) is 7.73. The Labute approximate surface area is 242 Å². The molecule has 1 atom stereocenters. The number of sulfonamides is 1. The van der Waals surface area contributed by atoms with E-state index in [0.29, 0.717) is 11.3 Å². The minimum Gasteiger partial charge on any atom is -0.352 e. The van der Waals surface area contributed by atoms with Gasteiger partial charge in [0.05, 0.1) is 10.6 Å². The van der Waals surface area contributed by atoms with Gasteiger partial charge in [-0.2, -0.15) is 0 Å². The standard InChI is InChI=1S/C32H38FN3O4S/c1-23-9-17-29(18-10-23)36(41(39,40)30-19-11-24(2)12-20-30)22-31(37)35(21-26-13-15-27(33)16-14-26)25(3)32(38)34-28-7-5-4-6-8-28/h9-20,25,28H,4-8,21-22H2,1-3H3,(H,34,38). The van der Waals surface area contributed by atoms with Crippen molar-refractivity contribution in [3.05, 3.63) is 95.3 Å². The van der Waals surface area contributed by atoms with Crippen LogP contribution < -0.4 is 9.62 Å². The van der Waals surface area contributed by atoms with Crippen molar-refractivity contribution in [1.29, 1.82) is 0 Å². The second-order valence-corrected chi connectivity index (χ2v) is 12.7. The van der Waals surface area contributed by atoms with Crippen LogP contribution in [0.15, 0.2) is 77.7 Å². The number of carbonyl (C=O) groups excluding carboxylic acids is 2. The van der Waals surface area contributed by atoms with Gasteiger partial charge in [-0.15, -0.1) is 0 Å². The van der Waals surface area contributed by atoms with E-state index in [9.17, 15) is 22.4 Å². The Morgan fingerprint density at radius 2 is 1.44 bits per heavy atom. The van der Waals surface area contributed by atoms with E-state index in [4.69, 9.17) is 0 Å². The highest BCUT2D eigenvalue weighted by atomic mass is 32.2. The molecule has 3 aromatic rings. The summed E-state index contributed by atoms with van der Waals surface area (Å²) in [7, 11) is -4.12. The Hall–Kier alpha value is -3.72. The molecule has 1 aliphatic rings. The molecule has 0 spiro atoms. The zero-order valence-corrected chi connectivity index (χ0v) is 24.7. The summed E-state index contributed by atoms with van der Waals surface area (Å²) in [5.74, 6) is -1.25. The highest BCUT2D eigenvalue weighted by Crippen LogP contribution is 2.25. The number of benzene rings is 3. The first kappa shape index (κ1) is 30.2. The molecule has 9 heteroatoms. The van der Waals surface area contributed by atoms with Gasteiger partial charge in [0.15, 0.2) is 0 Å². The quantitative estimate of drug-likeness (QED) is 0.344. The van der Waals surface area contributed by atoms with Crippen LogP contribution in [0.25, 0.3) is 0 Å². The molecule has 0 radical (unpaired) electrons. The fraction of sp³-hybridized carbons (Fsp3) is 0.375. The third-order valence-electron chi connectivity index (χ3n) is 7.59. The van der Waals surface area contributed by atoms with Crippen molar-refractivity contribution in [1.82, 2.24) is 10.2 Å². The van der Waals surface area contributed by atoms with Gasteiger partial charge in [-0.25, -0.2) is 12.8 Å². The van der Waals surface area contributed by atoms with E-state index in [0.717, 1.165) is 47.5 Å². The molecule has 0 aliphatic heterocycles. The Morgan fingerprint density at radius 1 is 0.878 bits per heavy atom. The Kier molecular flexibility index (Phi) is 9.81. The van der Waals surface area contributed by atoms with E-state index in [1.54, 1.807) is 55.5 Å². The molecule has 0 bridgehead atoms. The Balaban J connectivity index is 1.66. The van der Waals surface area contributed by atoms with Crippen molar-refractivity contribution in [2.75, 3.05) is 10.8 Å². The number of nitrogens with zero attached hydrogens (tertiary/aromatic N) is 2. The molecule has 0 saturated heterocycles. The first-order chi connectivity index (χ1) is 19.5. The zero-order chi connectivity index (χ0) is 29.6. The summed E-state index contributed by atoms with van der Waals surface area (Å²) in [5.41, 5.74) is 2.81. The molecule has 41 heavy (non-hydrogen) atoms. The number of carbonyl (C=O) groups is 2.